The summed E-state index contributed by atoms with van der Waals surface area (Å²) >= 11 is 0. The van der Waals surface area contributed by atoms with Crippen LogP contribution >= 0.6 is 0 Å². The van der Waals surface area contributed by atoms with E-state index in [1.807, 2.05) is 25.9 Å². The van der Waals surface area contributed by atoms with Crippen LogP contribution in [0.2, 0.25) is 0 Å². The van der Waals surface area contributed by atoms with Gasteiger partial charge in [-0.1, -0.05) is 26.3 Å². The Balaban J connectivity index is 3.84. The third-order valence-corrected chi connectivity index (χ3v) is 2.38. The van der Waals surface area contributed by atoms with E-state index in [0.717, 1.165) is 25.7 Å². The Morgan fingerprint density at radius 1 is 1.40 bits per heavy atom. The van der Waals surface area contributed by atoms with Crippen LogP contribution in [0, 0.1) is 0 Å². The fraction of sp³-hybridized carbons (Fsp3) is 0.750. The number of carbonyl (C=O) groups is 1. The quantitative estimate of drug-likeness (QED) is 0.282. The van der Waals surface area contributed by atoms with E-state index in [4.69, 9.17) is 4.74 Å². The summed E-state index contributed by atoms with van der Waals surface area (Å²) in [6, 6.07) is 0. The van der Waals surface area contributed by atoms with Gasteiger partial charge in [-0.2, -0.15) is 0 Å². The molecule has 0 aliphatic rings. The molecule has 1 atom stereocenters. The van der Waals surface area contributed by atoms with Crippen molar-refractivity contribution in [2.75, 3.05) is 14.1 Å². The maximum atomic E-state index is 11.5. The third-order valence-electron chi connectivity index (χ3n) is 2.38. The second kappa shape index (κ2) is 7.46. The first-order valence-corrected chi connectivity index (χ1v) is 5.54. The molecule has 0 aromatic rings. The van der Waals surface area contributed by atoms with Gasteiger partial charge in [-0.05, 0) is 33.9 Å². The first kappa shape index (κ1) is 14.2. The maximum absolute atomic E-state index is 11.5. The van der Waals surface area contributed by atoms with Gasteiger partial charge in [0, 0.05) is 5.57 Å². The molecule has 0 spiro atoms. The zero-order chi connectivity index (χ0) is 11.8. The Morgan fingerprint density at radius 3 is 2.47 bits per heavy atom. The number of hydrogen-bond acceptors (Lipinski definition) is 3. The first-order chi connectivity index (χ1) is 6.99. The third kappa shape index (κ3) is 6.28. The molecule has 0 amide bonds. The number of hydrogen-bond donors (Lipinski definition) is 0. The minimum atomic E-state index is -0.271. The SMILES string of the molecule is C=C(CCCCC)C(=O)OC(C)N(C)C. The lowest BCUT2D eigenvalue weighted by molar-refractivity contribution is -0.150. The number of nitrogens with zero attached hydrogens (tertiary/aromatic N) is 1. The largest absolute Gasteiger partial charge is 0.443 e. The summed E-state index contributed by atoms with van der Waals surface area (Å²) in [5, 5.41) is 0. The summed E-state index contributed by atoms with van der Waals surface area (Å²) in [6.07, 6.45) is 3.85. The van der Waals surface area contributed by atoms with Crippen molar-refractivity contribution >= 4 is 5.97 Å². The summed E-state index contributed by atoms with van der Waals surface area (Å²) < 4.78 is 5.19. The van der Waals surface area contributed by atoms with Crippen molar-refractivity contribution in [3.8, 4) is 0 Å². The predicted molar refractivity (Wildman–Crippen MR) is 62.5 cm³/mol. The van der Waals surface area contributed by atoms with Crippen LogP contribution in [0.1, 0.15) is 39.5 Å². The lowest BCUT2D eigenvalue weighted by Gasteiger charge is -2.20. The van der Waals surface area contributed by atoms with Crippen LogP contribution < -0.4 is 0 Å². The molecule has 1 unspecified atom stereocenters. The number of rotatable bonds is 7. The van der Waals surface area contributed by atoms with Gasteiger partial charge in [0.1, 0.15) is 0 Å². The number of carbonyl (C=O) groups excluding carboxylic acids is 1. The standard InChI is InChI=1S/C12H23NO2/c1-6-7-8-9-10(2)12(14)15-11(3)13(4)5/h11H,2,6-9H2,1,3-5H3. The average molecular weight is 213 g/mol. The molecular weight excluding hydrogens is 190 g/mol. The molecule has 0 N–H and O–H groups in total. The molecule has 0 rings (SSSR count). The number of unbranched alkanes of at least 4 members (excludes halogenated alkanes) is 2. The second-order valence-corrected chi connectivity index (χ2v) is 4.03. The molecule has 0 aromatic carbocycles. The van der Waals surface area contributed by atoms with Crippen LogP contribution in [0.25, 0.3) is 0 Å². The van der Waals surface area contributed by atoms with E-state index in [-0.39, 0.29) is 12.2 Å². The van der Waals surface area contributed by atoms with E-state index >= 15 is 0 Å². The number of ether oxygens (including phenoxy) is 1. The zero-order valence-corrected chi connectivity index (χ0v) is 10.4. The highest BCUT2D eigenvalue weighted by atomic mass is 16.6. The van der Waals surface area contributed by atoms with E-state index in [0.29, 0.717) is 5.57 Å². The van der Waals surface area contributed by atoms with Gasteiger partial charge in [-0.25, -0.2) is 4.79 Å². The van der Waals surface area contributed by atoms with Gasteiger partial charge >= 0.3 is 5.97 Å². The Labute approximate surface area is 93.1 Å². The molecule has 0 aliphatic carbocycles. The van der Waals surface area contributed by atoms with Crippen LogP contribution in [-0.4, -0.2) is 31.2 Å². The van der Waals surface area contributed by atoms with Crippen molar-refractivity contribution in [3.63, 3.8) is 0 Å². The van der Waals surface area contributed by atoms with Gasteiger partial charge in [-0.15, -0.1) is 0 Å². The summed E-state index contributed by atoms with van der Waals surface area (Å²) in [6.45, 7) is 7.72. The molecule has 0 aliphatic heterocycles. The van der Waals surface area contributed by atoms with E-state index in [2.05, 4.69) is 13.5 Å². The minimum Gasteiger partial charge on any atom is -0.443 e. The smallest absolute Gasteiger partial charge is 0.334 e. The van der Waals surface area contributed by atoms with Crippen LogP contribution in [0.4, 0.5) is 0 Å². The van der Waals surface area contributed by atoms with E-state index in [1.165, 1.54) is 0 Å². The van der Waals surface area contributed by atoms with Gasteiger partial charge in [0.25, 0.3) is 0 Å². The fourth-order valence-electron chi connectivity index (χ4n) is 1.03. The topological polar surface area (TPSA) is 29.5 Å². The van der Waals surface area contributed by atoms with Crippen molar-refractivity contribution in [1.29, 1.82) is 0 Å². The average Bonchev–Trinajstić information content (AvgIpc) is 2.17. The van der Waals surface area contributed by atoms with Gasteiger partial charge in [-0.3, -0.25) is 4.90 Å². The molecule has 15 heavy (non-hydrogen) atoms. The van der Waals surface area contributed by atoms with Gasteiger partial charge in [0.15, 0.2) is 6.23 Å². The van der Waals surface area contributed by atoms with Crippen LogP contribution in [-0.2, 0) is 9.53 Å². The van der Waals surface area contributed by atoms with Crippen molar-refractivity contribution in [1.82, 2.24) is 4.90 Å². The molecule has 0 bridgehead atoms. The molecule has 3 nitrogen and oxygen atoms in total. The second-order valence-electron chi connectivity index (χ2n) is 4.03. The van der Waals surface area contributed by atoms with Crippen molar-refractivity contribution in [2.45, 2.75) is 45.8 Å². The van der Waals surface area contributed by atoms with Crippen LogP contribution in [0.5, 0.6) is 0 Å². The van der Waals surface area contributed by atoms with Crippen molar-refractivity contribution < 1.29 is 9.53 Å². The molecule has 88 valence electrons. The lowest BCUT2D eigenvalue weighted by atomic mass is 10.1. The molecule has 0 fully saturated rings. The fourth-order valence-corrected chi connectivity index (χ4v) is 1.03. The lowest BCUT2D eigenvalue weighted by Crippen LogP contribution is -2.30. The first-order valence-electron chi connectivity index (χ1n) is 5.54. The maximum Gasteiger partial charge on any atom is 0.334 e. The molecular formula is C12H23NO2. The molecule has 0 heterocycles. The molecule has 0 saturated heterocycles. The summed E-state index contributed by atoms with van der Waals surface area (Å²) in [4.78, 5) is 13.3. The van der Waals surface area contributed by atoms with Gasteiger partial charge < -0.3 is 4.74 Å². The van der Waals surface area contributed by atoms with Crippen molar-refractivity contribution in [2.24, 2.45) is 0 Å². The van der Waals surface area contributed by atoms with Crippen LogP contribution in [0.15, 0.2) is 12.2 Å². The summed E-state index contributed by atoms with van der Waals surface area (Å²) in [7, 11) is 3.75. The number of esters is 1. The highest BCUT2D eigenvalue weighted by Gasteiger charge is 2.13. The van der Waals surface area contributed by atoms with E-state index < -0.39 is 0 Å². The summed E-state index contributed by atoms with van der Waals surface area (Å²) in [5.41, 5.74) is 0.581. The zero-order valence-electron chi connectivity index (χ0n) is 10.4. The minimum absolute atomic E-state index is 0.194. The van der Waals surface area contributed by atoms with E-state index in [9.17, 15) is 4.79 Å². The normalized spacial score (nSPS) is 12.6. The molecule has 0 aromatic heterocycles. The molecule has 0 saturated carbocycles. The summed E-state index contributed by atoms with van der Waals surface area (Å²) in [5.74, 6) is -0.271. The molecule has 0 radical (unpaired) electrons. The van der Waals surface area contributed by atoms with E-state index in [1.54, 1.807) is 0 Å². The Morgan fingerprint density at radius 2 is 2.00 bits per heavy atom. The van der Waals surface area contributed by atoms with Crippen molar-refractivity contribution in [3.05, 3.63) is 12.2 Å². The molecule has 3 heteroatoms. The highest BCUT2D eigenvalue weighted by molar-refractivity contribution is 5.87. The Hall–Kier alpha value is -0.830. The Kier molecular flexibility index (Phi) is 7.05. The van der Waals surface area contributed by atoms with Crippen LogP contribution in [0.3, 0.4) is 0 Å². The monoisotopic (exact) mass is 213 g/mol. The predicted octanol–water partition coefficient (Wildman–Crippen LogP) is 2.57. The van der Waals surface area contributed by atoms with Gasteiger partial charge in [0.05, 0.1) is 0 Å². The highest BCUT2D eigenvalue weighted by Crippen LogP contribution is 2.10. The van der Waals surface area contributed by atoms with Gasteiger partial charge in [0.2, 0.25) is 0 Å². The Bertz CT molecular complexity index is 212.